The third-order valence-corrected chi connectivity index (χ3v) is 1.44. The number of alkyl carbamates (subject to hydrolysis) is 1. The summed E-state index contributed by atoms with van der Waals surface area (Å²) in [5, 5.41) is 2.51. The Balaban J connectivity index is 3.60. The van der Waals surface area contributed by atoms with Crippen molar-refractivity contribution in [3.05, 3.63) is 6.42 Å². The van der Waals surface area contributed by atoms with Gasteiger partial charge in [-0.1, -0.05) is 13.8 Å². The average Bonchev–Trinajstić information content (AvgIpc) is 2.00. The second-order valence-corrected chi connectivity index (χ2v) is 3.44. The molecule has 5 nitrogen and oxygen atoms in total. The fraction of sp³-hybridized carbons (Fsp3) is 0.700. The molecule has 5 heteroatoms. The fourth-order valence-electron chi connectivity index (χ4n) is 0.828. The lowest BCUT2D eigenvalue weighted by Crippen LogP contribution is -2.31. The Morgan fingerprint density at radius 2 is 1.87 bits per heavy atom. The maximum atomic E-state index is 11.1. The monoisotopic (exact) mass is 216 g/mol. The number of ether oxygens (including phenoxy) is 2. The van der Waals surface area contributed by atoms with E-state index in [2.05, 4.69) is 10.1 Å². The van der Waals surface area contributed by atoms with Gasteiger partial charge in [0.2, 0.25) is 6.29 Å². The van der Waals surface area contributed by atoms with E-state index in [1.807, 2.05) is 20.3 Å². The predicted molar refractivity (Wildman–Crippen MR) is 54.8 cm³/mol. The molecule has 0 saturated carbocycles. The van der Waals surface area contributed by atoms with Crippen molar-refractivity contribution < 1.29 is 19.1 Å². The van der Waals surface area contributed by atoms with Crippen molar-refractivity contribution in [3.63, 3.8) is 0 Å². The van der Waals surface area contributed by atoms with Crippen LogP contribution >= 0.6 is 0 Å². The summed E-state index contributed by atoms with van der Waals surface area (Å²) in [5.74, 6) is -0.0831. The molecule has 0 bridgehead atoms. The van der Waals surface area contributed by atoms with Crippen LogP contribution in [0, 0.1) is 12.3 Å². The largest absolute Gasteiger partial charge is 0.426 e. The van der Waals surface area contributed by atoms with Crippen LogP contribution < -0.4 is 5.32 Å². The average molecular weight is 216 g/mol. The van der Waals surface area contributed by atoms with Gasteiger partial charge in [-0.15, -0.1) is 0 Å². The molecule has 15 heavy (non-hydrogen) atoms. The molecule has 1 radical (unpaired) electrons. The van der Waals surface area contributed by atoms with E-state index in [-0.39, 0.29) is 0 Å². The van der Waals surface area contributed by atoms with Gasteiger partial charge in [0.25, 0.3) is 0 Å². The highest BCUT2D eigenvalue weighted by Crippen LogP contribution is 1.97. The Bertz CT molecular complexity index is 215. The summed E-state index contributed by atoms with van der Waals surface area (Å²) in [6, 6.07) is 0. The summed E-state index contributed by atoms with van der Waals surface area (Å²) in [4.78, 5) is 21.6. The first-order chi connectivity index (χ1) is 6.91. The van der Waals surface area contributed by atoms with Crippen molar-refractivity contribution in [1.29, 1.82) is 0 Å². The lowest BCUT2D eigenvalue weighted by Gasteiger charge is -2.13. The van der Waals surface area contributed by atoms with E-state index < -0.39 is 18.4 Å². The number of carbonyl (C=O) groups excluding carboxylic acids is 2. The molecule has 0 aromatic carbocycles. The van der Waals surface area contributed by atoms with Gasteiger partial charge in [-0.2, -0.15) is 0 Å². The molecule has 0 spiro atoms. The number of carbonyl (C=O) groups is 2. The molecule has 0 saturated heterocycles. The molecule has 0 aliphatic rings. The number of amides is 1. The molecule has 0 aromatic heterocycles. The highest BCUT2D eigenvalue weighted by Gasteiger charge is 2.10. The van der Waals surface area contributed by atoms with Crippen LogP contribution in [0.3, 0.4) is 0 Å². The Morgan fingerprint density at radius 1 is 1.27 bits per heavy atom. The lowest BCUT2D eigenvalue weighted by atomic mass is 10.1. The second kappa shape index (κ2) is 7.09. The zero-order valence-corrected chi connectivity index (χ0v) is 9.57. The summed E-state index contributed by atoms with van der Waals surface area (Å²) in [7, 11) is 0. The van der Waals surface area contributed by atoms with Crippen LogP contribution in [0.25, 0.3) is 0 Å². The SMILES string of the molecule is CC(=O)OC(C)OC(=O)NC[CH]C(C)C. The van der Waals surface area contributed by atoms with Crippen LogP contribution in [0.2, 0.25) is 0 Å². The van der Waals surface area contributed by atoms with Crippen molar-refractivity contribution in [2.45, 2.75) is 34.0 Å². The van der Waals surface area contributed by atoms with Gasteiger partial charge in [0.1, 0.15) is 0 Å². The molecule has 0 rings (SSSR count). The first kappa shape index (κ1) is 13.7. The molecule has 87 valence electrons. The summed E-state index contributed by atoms with van der Waals surface area (Å²) >= 11 is 0. The van der Waals surface area contributed by atoms with Crippen LogP contribution in [0.5, 0.6) is 0 Å². The van der Waals surface area contributed by atoms with Gasteiger partial charge >= 0.3 is 12.1 Å². The summed E-state index contributed by atoms with van der Waals surface area (Å²) in [6.45, 7) is 7.18. The molecule has 1 unspecified atom stereocenters. The van der Waals surface area contributed by atoms with Gasteiger partial charge in [-0.25, -0.2) is 4.79 Å². The van der Waals surface area contributed by atoms with Crippen LogP contribution in [-0.2, 0) is 14.3 Å². The van der Waals surface area contributed by atoms with Gasteiger partial charge in [0, 0.05) is 20.4 Å². The van der Waals surface area contributed by atoms with E-state index in [4.69, 9.17) is 4.74 Å². The Morgan fingerprint density at radius 3 is 2.33 bits per heavy atom. The Kier molecular flexibility index (Phi) is 6.49. The fourth-order valence-corrected chi connectivity index (χ4v) is 0.828. The van der Waals surface area contributed by atoms with Gasteiger partial charge in [0.15, 0.2) is 0 Å². The van der Waals surface area contributed by atoms with Crippen LogP contribution in [0.1, 0.15) is 27.7 Å². The molecule has 0 aliphatic carbocycles. The Hall–Kier alpha value is -1.26. The quantitative estimate of drug-likeness (QED) is 0.558. The molecule has 0 heterocycles. The van der Waals surface area contributed by atoms with E-state index in [0.717, 1.165) is 0 Å². The topological polar surface area (TPSA) is 64.6 Å². The van der Waals surface area contributed by atoms with Gasteiger partial charge in [-0.3, -0.25) is 4.79 Å². The summed E-state index contributed by atoms with van der Waals surface area (Å²) in [6.07, 6.45) is 0.472. The van der Waals surface area contributed by atoms with Gasteiger partial charge < -0.3 is 14.8 Å². The minimum absolute atomic E-state index is 0.399. The first-order valence-corrected chi connectivity index (χ1v) is 4.87. The minimum atomic E-state index is -0.860. The second-order valence-electron chi connectivity index (χ2n) is 3.44. The van der Waals surface area contributed by atoms with E-state index in [1.54, 1.807) is 0 Å². The zero-order chi connectivity index (χ0) is 11.8. The van der Waals surface area contributed by atoms with Gasteiger partial charge in [0.05, 0.1) is 0 Å². The van der Waals surface area contributed by atoms with Crippen molar-refractivity contribution in [2.24, 2.45) is 5.92 Å². The van der Waals surface area contributed by atoms with Crippen molar-refractivity contribution in [2.75, 3.05) is 6.54 Å². The number of hydrogen-bond donors (Lipinski definition) is 1. The third-order valence-electron chi connectivity index (χ3n) is 1.44. The van der Waals surface area contributed by atoms with E-state index in [0.29, 0.717) is 12.5 Å². The van der Waals surface area contributed by atoms with E-state index >= 15 is 0 Å². The smallest absolute Gasteiger partial charge is 0.410 e. The van der Waals surface area contributed by atoms with Crippen LogP contribution in [0.15, 0.2) is 0 Å². The minimum Gasteiger partial charge on any atom is -0.426 e. The van der Waals surface area contributed by atoms with Crippen LogP contribution in [-0.4, -0.2) is 24.9 Å². The molecule has 0 aromatic rings. The maximum absolute atomic E-state index is 11.1. The van der Waals surface area contributed by atoms with Crippen molar-refractivity contribution in [1.82, 2.24) is 5.32 Å². The highest BCUT2D eigenvalue weighted by atomic mass is 16.7. The van der Waals surface area contributed by atoms with Crippen LogP contribution in [0.4, 0.5) is 4.79 Å². The number of rotatable bonds is 5. The van der Waals surface area contributed by atoms with Crippen molar-refractivity contribution in [3.8, 4) is 0 Å². The maximum Gasteiger partial charge on any atom is 0.410 e. The summed E-state index contributed by atoms with van der Waals surface area (Å²) < 4.78 is 9.35. The van der Waals surface area contributed by atoms with E-state index in [1.165, 1.54) is 13.8 Å². The Labute approximate surface area is 90.1 Å². The molecule has 1 atom stereocenters. The normalized spacial score (nSPS) is 12.1. The third kappa shape index (κ3) is 9.05. The standard InChI is InChI=1S/C10H18NO4/c1-7(2)5-6-11-10(13)15-9(4)14-8(3)12/h5,7,9H,6H2,1-4H3,(H,11,13). The number of nitrogens with one attached hydrogen (secondary N) is 1. The molecule has 0 aliphatic heterocycles. The number of hydrogen-bond acceptors (Lipinski definition) is 4. The van der Waals surface area contributed by atoms with Crippen molar-refractivity contribution >= 4 is 12.1 Å². The first-order valence-electron chi connectivity index (χ1n) is 4.87. The number of esters is 1. The summed E-state index contributed by atoms with van der Waals surface area (Å²) in [5.41, 5.74) is 0. The molecular weight excluding hydrogens is 198 g/mol. The molecule has 0 fully saturated rings. The van der Waals surface area contributed by atoms with E-state index in [9.17, 15) is 9.59 Å². The predicted octanol–water partition coefficient (Wildman–Crippen LogP) is 1.48. The molecular formula is C10H18NO4. The highest BCUT2D eigenvalue weighted by molar-refractivity contribution is 5.68. The lowest BCUT2D eigenvalue weighted by molar-refractivity contribution is -0.161. The molecule has 1 amide bonds. The molecule has 1 N–H and O–H groups in total. The van der Waals surface area contributed by atoms with Gasteiger partial charge in [-0.05, 0) is 12.3 Å². The zero-order valence-electron chi connectivity index (χ0n) is 9.57.